The highest BCUT2D eigenvalue weighted by atomic mass is 32.1. The van der Waals surface area contributed by atoms with Crippen LogP contribution in [0.15, 0.2) is 29.6 Å². The van der Waals surface area contributed by atoms with Crippen molar-refractivity contribution in [1.82, 2.24) is 10.3 Å². The van der Waals surface area contributed by atoms with Crippen LogP contribution in [0.4, 0.5) is 0 Å². The molecule has 1 amide bonds. The van der Waals surface area contributed by atoms with Gasteiger partial charge in [0.25, 0.3) is 5.91 Å². The van der Waals surface area contributed by atoms with Crippen LogP contribution in [-0.2, 0) is 6.54 Å². The molecule has 1 aromatic carbocycles. The van der Waals surface area contributed by atoms with E-state index in [-0.39, 0.29) is 5.91 Å². The normalized spacial score (nSPS) is 15.7. The zero-order valence-corrected chi connectivity index (χ0v) is 13.8. The number of hydrogen-bond donors (Lipinski definition) is 1. The minimum Gasteiger partial charge on any atom is -0.346 e. The number of carbonyl (C=O) groups is 1. The average Bonchev–Trinajstić information content (AvgIpc) is 3.03. The molecule has 0 aliphatic heterocycles. The van der Waals surface area contributed by atoms with E-state index in [1.807, 2.05) is 31.2 Å². The number of nitrogens with zero attached hydrogens (tertiary/aromatic N) is 1. The maximum Gasteiger partial charge on any atom is 0.251 e. The molecule has 1 saturated carbocycles. The Morgan fingerprint density at radius 2 is 2.05 bits per heavy atom. The van der Waals surface area contributed by atoms with Crippen LogP contribution in [0.25, 0.3) is 0 Å². The molecule has 1 fully saturated rings. The summed E-state index contributed by atoms with van der Waals surface area (Å²) in [5.74, 6) is 0.610. The van der Waals surface area contributed by atoms with Crippen LogP contribution in [0.5, 0.6) is 0 Å². The van der Waals surface area contributed by atoms with Crippen LogP contribution < -0.4 is 5.32 Å². The molecular formula is C18H22N2OS. The van der Waals surface area contributed by atoms with Crippen molar-refractivity contribution < 1.29 is 4.79 Å². The van der Waals surface area contributed by atoms with Crippen molar-refractivity contribution in [1.29, 1.82) is 0 Å². The highest BCUT2D eigenvalue weighted by Crippen LogP contribution is 2.32. The molecule has 3 nitrogen and oxygen atoms in total. The summed E-state index contributed by atoms with van der Waals surface area (Å²) in [6, 6.07) is 7.66. The van der Waals surface area contributed by atoms with Crippen molar-refractivity contribution in [2.24, 2.45) is 0 Å². The Balaban J connectivity index is 1.59. The van der Waals surface area contributed by atoms with E-state index >= 15 is 0 Å². The van der Waals surface area contributed by atoms with Gasteiger partial charge in [-0.15, -0.1) is 11.3 Å². The van der Waals surface area contributed by atoms with Crippen molar-refractivity contribution in [2.45, 2.75) is 51.5 Å². The quantitative estimate of drug-likeness (QED) is 0.907. The number of rotatable bonds is 4. The van der Waals surface area contributed by atoms with E-state index in [0.29, 0.717) is 12.5 Å². The van der Waals surface area contributed by atoms with Crippen molar-refractivity contribution in [2.75, 3.05) is 0 Å². The van der Waals surface area contributed by atoms with E-state index < -0.39 is 0 Å². The first-order valence-corrected chi connectivity index (χ1v) is 8.90. The van der Waals surface area contributed by atoms with Gasteiger partial charge in [-0.3, -0.25) is 4.79 Å². The van der Waals surface area contributed by atoms with Crippen molar-refractivity contribution in [3.05, 3.63) is 51.5 Å². The zero-order chi connectivity index (χ0) is 15.4. The SMILES string of the molecule is Cc1ccccc1C(=O)NCc1nc(C2CCCCC2)cs1. The molecule has 0 bridgehead atoms. The summed E-state index contributed by atoms with van der Waals surface area (Å²) < 4.78 is 0. The van der Waals surface area contributed by atoms with Gasteiger partial charge in [0.1, 0.15) is 5.01 Å². The van der Waals surface area contributed by atoms with Gasteiger partial charge in [0.2, 0.25) is 0 Å². The van der Waals surface area contributed by atoms with Gasteiger partial charge in [-0.05, 0) is 31.4 Å². The number of hydrogen-bond acceptors (Lipinski definition) is 3. The fourth-order valence-electron chi connectivity index (χ4n) is 3.07. The summed E-state index contributed by atoms with van der Waals surface area (Å²) in [6.07, 6.45) is 6.53. The molecule has 2 aromatic rings. The number of aromatic nitrogens is 1. The lowest BCUT2D eigenvalue weighted by atomic mass is 9.87. The summed E-state index contributed by atoms with van der Waals surface area (Å²) in [7, 11) is 0. The fraction of sp³-hybridized carbons (Fsp3) is 0.444. The van der Waals surface area contributed by atoms with E-state index in [4.69, 9.17) is 4.98 Å². The lowest BCUT2D eigenvalue weighted by Gasteiger charge is -2.19. The molecule has 4 heteroatoms. The number of nitrogens with one attached hydrogen (secondary N) is 1. The summed E-state index contributed by atoms with van der Waals surface area (Å²) in [4.78, 5) is 16.9. The molecule has 22 heavy (non-hydrogen) atoms. The molecule has 3 rings (SSSR count). The number of aryl methyl sites for hydroxylation is 1. The van der Waals surface area contributed by atoms with Gasteiger partial charge in [-0.25, -0.2) is 4.98 Å². The Bertz CT molecular complexity index is 644. The Kier molecular flexibility index (Phi) is 4.88. The molecule has 0 spiro atoms. The summed E-state index contributed by atoms with van der Waals surface area (Å²) in [5, 5.41) is 6.16. The lowest BCUT2D eigenvalue weighted by molar-refractivity contribution is 0.0950. The van der Waals surface area contributed by atoms with Gasteiger partial charge in [-0.2, -0.15) is 0 Å². The molecular weight excluding hydrogens is 292 g/mol. The van der Waals surface area contributed by atoms with Crippen LogP contribution in [0.3, 0.4) is 0 Å². The van der Waals surface area contributed by atoms with Gasteiger partial charge in [0.05, 0.1) is 12.2 Å². The van der Waals surface area contributed by atoms with Crippen molar-refractivity contribution in [3.63, 3.8) is 0 Å². The molecule has 0 unspecified atom stereocenters. The van der Waals surface area contributed by atoms with E-state index in [9.17, 15) is 4.79 Å². The van der Waals surface area contributed by atoms with Crippen LogP contribution in [-0.4, -0.2) is 10.9 Å². The molecule has 1 heterocycles. The minimum atomic E-state index is -0.0208. The molecule has 1 N–H and O–H groups in total. The third kappa shape index (κ3) is 3.55. The molecule has 116 valence electrons. The molecule has 1 aliphatic carbocycles. The Hall–Kier alpha value is -1.68. The maximum absolute atomic E-state index is 12.2. The van der Waals surface area contributed by atoms with Crippen molar-refractivity contribution in [3.8, 4) is 0 Å². The van der Waals surface area contributed by atoms with E-state index in [2.05, 4.69) is 10.7 Å². The predicted octanol–water partition coefficient (Wildman–Crippen LogP) is 4.43. The minimum absolute atomic E-state index is 0.0208. The Labute approximate surface area is 135 Å². The summed E-state index contributed by atoms with van der Waals surface area (Å²) in [5.41, 5.74) is 2.97. The van der Waals surface area contributed by atoms with Crippen LogP contribution >= 0.6 is 11.3 Å². The highest BCUT2D eigenvalue weighted by molar-refractivity contribution is 7.09. The van der Waals surface area contributed by atoms with Gasteiger partial charge in [-0.1, -0.05) is 37.5 Å². The Morgan fingerprint density at radius 1 is 1.27 bits per heavy atom. The van der Waals surface area contributed by atoms with E-state index in [0.717, 1.165) is 16.1 Å². The standard InChI is InChI=1S/C18H22N2OS/c1-13-7-5-6-10-15(13)18(21)19-11-17-20-16(12-22-17)14-8-3-2-4-9-14/h5-7,10,12,14H,2-4,8-9,11H2,1H3,(H,19,21). The second-order valence-corrected chi connectivity index (χ2v) is 6.94. The second-order valence-electron chi connectivity index (χ2n) is 6.00. The van der Waals surface area contributed by atoms with Crippen LogP contribution in [0.2, 0.25) is 0 Å². The van der Waals surface area contributed by atoms with Gasteiger partial charge in [0.15, 0.2) is 0 Å². The lowest BCUT2D eigenvalue weighted by Crippen LogP contribution is -2.23. The number of carbonyl (C=O) groups excluding carboxylic acids is 1. The largest absolute Gasteiger partial charge is 0.346 e. The van der Waals surface area contributed by atoms with E-state index in [1.54, 1.807) is 11.3 Å². The zero-order valence-electron chi connectivity index (χ0n) is 13.0. The van der Waals surface area contributed by atoms with Gasteiger partial charge < -0.3 is 5.32 Å². The third-order valence-corrected chi connectivity index (χ3v) is 5.25. The smallest absolute Gasteiger partial charge is 0.251 e. The average molecular weight is 314 g/mol. The molecule has 0 radical (unpaired) electrons. The number of amides is 1. The number of thiazole rings is 1. The van der Waals surface area contributed by atoms with E-state index in [1.165, 1.54) is 37.8 Å². The molecule has 1 aliphatic rings. The summed E-state index contributed by atoms with van der Waals surface area (Å²) >= 11 is 1.66. The van der Waals surface area contributed by atoms with Crippen LogP contribution in [0.1, 0.15) is 64.6 Å². The first-order valence-electron chi connectivity index (χ1n) is 8.02. The van der Waals surface area contributed by atoms with Gasteiger partial charge >= 0.3 is 0 Å². The fourth-order valence-corrected chi connectivity index (χ4v) is 3.89. The first-order chi connectivity index (χ1) is 10.7. The monoisotopic (exact) mass is 314 g/mol. The third-order valence-electron chi connectivity index (χ3n) is 4.38. The maximum atomic E-state index is 12.2. The molecule has 1 aromatic heterocycles. The predicted molar refractivity (Wildman–Crippen MR) is 90.3 cm³/mol. The molecule has 0 saturated heterocycles. The topological polar surface area (TPSA) is 42.0 Å². The van der Waals surface area contributed by atoms with Gasteiger partial charge in [0, 0.05) is 16.9 Å². The molecule has 0 atom stereocenters. The highest BCUT2D eigenvalue weighted by Gasteiger charge is 2.18. The Morgan fingerprint density at radius 3 is 2.82 bits per heavy atom. The van der Waals surface area contributed by atoms with Crippen LogP contribution in [0, 0.1) is 6.92 Å². The van der Waals surface area contributed by atoms with Crippen molar-refractivity contribution >= 4 is 17.2 Å². The number of benzene rings is 1. The first kappa shape index (κ1) is 15.2. The second kappa shape index (κ2) is 7.05. The summed E-state index contributed by atoms with van der Waals surface area (Å²) in [6.45, 7) is 2.48.